The van der Waals surface area contributed by atoms with Gasteiger partial charge in [0.1, 0.15) is 24.4 Å². The van der Waals surface area contributed by atoms with Gasteiger partial charge in [-0.2, -0.15) is 0 Å². The fourth-order valence-corrected chi connectivity index (χ4v) is 2.56. The molecule has 1 saturated heterocycles. The molecule has 3 rings (SSSR count). The molecule has 114 valence electrons. The highest BCUT2D eigenvalue weighted by molar-refractivity contribution is 5.75. The second kappa shape index (κ2) is 6.11. The predicted octanol–water partition coefficient (Wildman–Crippen LogP) is 0.467. The van der Waals surface area contributed by atoms with Gasteiger partial charge < -0.3 is 24.4 Å². The summed E-state index contributed by atoms with van der Waals surface area (Å²) in [5, 5.41) is 20.2. The van der Waals surface area contributed by atoms with Gasteiger partial charge in [0.15, 0.2) is 5.90 Å². The number of benzene rings is 1. The molecule has 6 nitrogen and oxygen atoms in total. The topological polar surface area (TPSA) is 80.5 Å². The Kier molecular flexibility index (Phi) is 4.21. The smallest absolute Gasteiger partial charge is 0.227 e. The van der Waals surface area contributed by atoms with Crippen LogP contribution in [-0.4, -0.2) is 53.4 Å². The van der Waals surface area contributed by atoms with Crippen molar-refractivity contribution in [1.82, 2.24) is 0 Å². The summed E-state index contributed by atoms with van der Waals surface area (Å²) in [6.45, 7) is 2.30. The fourth-order valence-electron chi connectivity index (χ4n) is 2.56. The lowest BCUT2D eigenvalue weighted by molar-refractivity contribution is -0.238. The summed E-state index contributed by atoms with van der Waals surface area (Å²) >= 11 is 0. The second-order valence-corrected chi connectivity index (χ2v) is 5.28. The first kappa shape index (κ1) is 14.5. The van der Waals surface area contributed by atoms with Crippen LogP contribution in [0.4, 0.5) is 0 Å². The van der Waals surface area contributed by atoms with Crippen LogP contribution in [0.2, 0.25) is 0 Å². The Balaban J connectivity index is 1.54. The molecule has 1 aromatic rings. The molecule has 0 aliphatic carbocycles. The Morgan fingerprint density at radius 1 is 1.19 bits per heavy atom. The van der Waals surface area contributed by atoms with Crippen molar-refractivity contribution in [2.45, 2.75) is 44.2 Å². The number of hydrogen-bond donors (Lipinski definition) is 2. The maximum absolute atomic E-state index is 10.1. The molecule has 6 heteroatoms. The third kappa shape index (κ3) is 3.08. The van der Waals surface area contributed by atoms with Crippen LogP contribution in [0.25, 0.3) is 0 Å². The van der Waals surface area contributed by atoms with Gasteiger partial charge in [-0.25, -0.2) is 4.99 Å². The van der Waals surface area contributed by atoms with E-state index >= 15 is 0 Å². The highest BCUT2D eigenvalue weighted by Gasteiger charge is 2.48. The standard InChI is InChI=1S/C15H19NO5/c1-9-16-12-14(18)13(17)11(21-15(12)20-9)8-19-7-10-5-3-2-4-6-10/h2-6,11-15,17-18H,7-8H2,1H3/t11-,12+,13-,14-,15-/m1/s1. The first-order chi connectivity index (χ1) is 10.1. The van der Waals surface area contributed by atoms with Gasteiger partial charge >= 0.3 is 0 Å². The maximum Gasteiger partial charge on any atom is 0.227 e. The number of hydrogen-bond acceptors (Lipinski definition) is 6. The molecule has 0 amide bonds. The van der Waals surface area contributed by atoms with Crippen molar-refractivity contribution < 1.29 is 24.4 Å². The van der Waals surface area contributed by atoms with E-state index in [0.717, 1.165) is 5.56 Å². The van der Waals surface area contributed by atoms with Crippen LogP contribution >= 0.6 is 0 Å². The van der Waals surface area contributed by atoms with Crippen molar-refractivity contribution in [2.24, 2.45) is 4.99 Å². The Morgan fingerprint density at radius 3 is 2.71 bits per heavy atom. The molecule has 1 aromatic carbocycles. The van der Waals surface area contributed by atoms with E-state index in [1.165, 1.54) is 0 Å². The molecular formula is C15H19NO5. The average Bonchev–Trinajstić information content (AvgIpc) is 2.86. The van der Waals surface area contributed by atoms with Gasteiger partial charge in [0, 0.05) is 6.92 Å². The zero-order valence-corrected chi connectivity index (χ0v) is 11.8. The first-order valence-electron chi connectivity index (χ1n) is 6.99. The van der Waals surface area contributed by atoms with Gasteiger partial charge in [-0.3, -0.25) is 0 Å². The molecule has 2 aliphatic rings. The number of rotatable bonds is 4. The van der Waals surface area contributed by atoms with E-state index in [4.69, 9.17) is 14.2 Å². The van der Waals surface area contributed by atoms with E-state index in [2.05, 4.69) is 4.99 Å². The van der Waals surface area contributed by atoms with Crippen molar-refractivity contribution >= 4 is 5.90 Å². The van der Waals surface area contributed by atoms with Crippen LogP contribution in [0.5, 0.6) is 0 Å². The van der Waals surface area contributed by atoms with Crippen LogP contribution in [-0.2, 0) is 20.8 Å². The van der Waals surface area contributed by atoms with Crippen molar-refractivity contribution in [3.8, 4) is 0 Å². The molecule has 0 saturated carbocycles. The lowest BCUT2D eigenvalue weighted by Gasteiger charge is -2.37. The highest BCUT2D eigenvalue weighted by atomic mass is 16.7. The molecule has 2 N–H and O–H groups in total. The van der Waals surface area contributed by atoms with E-state index in [1.807, 2.05) is 30.3 Å². The number of nitrogens with zero attached hydrogens (tertiary/aromatic N) is 1. The monoisotopic (exact) mass is 293 g/mol. The van der Waals surface area contributed by atoms with Crippen molar-refractivity contribution in [3.05, 3.63) is 35.9 Å². The van der Waals surface area contributed by atoms with Gasteiger partial charge in [-0.05, 0) is 5.56 Å². The molecule has 21 heavy (non-hydrogen) atoms. The predicted molar refractivity (Wildman–Crippen MR) is 74.8 cm³/mol. The third-order valence-electron chi connectivity index (χ3n) is 3.68. The van der Waals surface area contributed by atoms with Crippen LogP contribution in [0.3, 0.4) is 0 Å². The fraction of sp³-hybridized carbons (Fsp3) is 0.533. The van der Waals surface area contributed by atoms with Crippen LogP contribution in [0, 0.1) is 0 Å². The number of aliphatic hydroxyl groups excluding tert-OH is 2. The van der Waals surface area contributed by atoms with E-state index in [0.29, 0.717) is 12.5 Å². The Morgan fingerprint density at radius 2 is 1.95 bits per heavy atom. The maximum atomic E-state index is 10.1. The van der Waals surface area contributed by atoms with Gasteiger partial charge in [-0.15, -0.1) is 0 Å². The van der Waals surface area contributed by atoms with Gasteiger partial charge in [-0.1, -0.05) is 30.3 Å². The zero-order valence-electron chi connectivity index (χ0n) is 11.8. The van der Waals surface area contributed by atoms with E-state index in [-0.39, 0.29) is 6.61 Å². The minimum Gasteiger partial charge on any atom is -0.450 e. The summed E-state index contributed by atoms with van der Waals surface area (Å²) < 4.78 is 16.6. The normalized spacial score (nSPS) is 35.0. The molecule has 0 bridgehead atoms. The molecule has 0 aromatic heterocycles. The van der Waals surface area contributed by atoms with Gasteiger partial charge in [0.25, 0.3) is 0 Å². The molecule has 0 unspecified atom stereocenters. The number of aliphatic hydroxyl groups is 2. The molecular weight excluding hydrogens is 274 g/mol. The highest BCUT2D eigenvalue weighted by Crippen LogP contribution is 2.28. The molecule has 2 heterocycles. The lowest BCUT2D eigenvalue weighted by Crippen LogP contribution is -2.57. The molecule has 2 aliphatic heterocycles. The van der Waals surface area contributed by atoms with Crippen molar-refractivity contribution in [2.75, 3.05) is 6.61 Å². The van der Waals surface area contributed by atoms with Gasteiger partial charge in [0.05, 0.1) is 13.2 Å². The lowest BCUT2D eigenvalue weighted by atomic mass is 9.98. The number of aliphatic imine (C=N–C) groups is 1. The van der Waals surface area contributed by atoms with E-state index in [9.17, 15) is 10.2 Å². The van der Waals surface area contributed by atoms with E-state index in [1.54, 1.807) is 6.92 Å². The molecule has 5 atom stereocenters. The van der Waals surface area contributed by atoms with Crippen LogP contribution in [0.1, 0.15) is 12.5 Å². The quantitative estimate of drug-likeness (QED) is 0.843. The first-order valence-corrected chi connectivity index (χ1v) is 6.99. The van der Waals surface area contributed by atoms with Crippen LogP contribution in [0.15, 0.2) is 35.3 Å². The summed E-state index contributed by atoms with van der Waals surface area (Å²) in [6, 6.07) is 9.16. The Hall–Kier alpha value is -1.47. The SMILES string of the molecule is CC1=N[C@@H]2[C@H](O1)O[C@H](COCc1ccccc1)[C@@H](O)[C@@H]2O. The largest absolute Gasteiger partial charge is 0.450 e. The number of ether oxygens (including phenoxy) is 3. The minimum atomic E-state index is -1.04. The Bertz CT molecular complexity index is 506. The summed E-state index contributed by atoms with van der Waals surface area (Å²) in [7, 11) is 0. The second-order valence-electron chi connectivity index (χ2n) is 5.28. The van der Waals surface area contributed by atoms with Gasteiger partial charge in [0.2, 0.25) is 6.29 Å². The molecule has 1 fully saturated rings. The summed E-state index contributed by atoms with van der Waals surface area (Å²) in [6.07, 6.45) is -3.33. The zero-order chi connectivity index (χ0) is 14.8. The summed E-state index contributed by atoms with van der Waals surface area (Å²) in [5.41, 5.74) is 1.04. The van der Waals surface area contributed by atoms with E-state index < -0.39 is 30.6 Å². The average molecular weight is 293 g/mol. The minimum absolute atomic E-state index is 0.179. The molecule has 0 radical (unpaired) electrons. The Labute approximate surface area is 123 Å². The molecule has 0 spiro atoms. The third-order valence-corrected chi connectivity index (χ3v) is 3.68. The van der Waals surface area contributed by atoms with Crippen molar-refractivity contribution in [3.63, 3.8) is 0 Å². The summed E-state index contributed by atoms with van der Waals surface area (Å²) in [4.78, 5) is 4.12. The number of fused-ring (bicyclic) bond motifs is 1. The van der Waals surface area contributed by atoms with Crippen LogP contribution < -0.4 is 0 Å². The summed E-state index contributed by atoms with van der Waals surface area (Å²) in [5.74, 6) is 0.460. The van der Waals surface area contributed by atoms with Crippen molar-refractivity contribution in [1.29, 1.82) is 0 Å².